The van der Waals surface area contributed by atoms with Gasteiger partial charge in [-0.05, 0) is 42.0 Å². The lowest BCUT2D eigenvalue weighted by Gasteiger charge is -2.09. The van der Waals surface area contributed by atoms with E-state index in [0.29, 0.717) is 11.8 Å². The van der Waals surface area contributed by atoms with Gasteiger partial charge in [0.15, 0.2) is 11.8 Å². The largest absolute Gasteiger partial charge is 0.484 e. The maximum absolute atomic E-state index is 10.9. The molecule has 2 heterocycles. The Balaban J connectivity index is 1.44. The van der Waals surface area contributed by atoms with Crippen LogP contribution in [0.5, 0.6) is 5.75 Å². The van der Waals surface area contributed by atoms with Gasteiger partial charge < -0.3 is 15.0 Å². The fourth-order valence-electron chi connectivity index (χ4n) is 2.82. The summed E-state index contributed by atoms with van der Waals surface area (Å²) in [4.78, 5) is 12.2. The van der Waals surface area contributed by atoms with Crippen molar-refractivity contribution in [3.05, 3.63) is 58.0 Å². The topological polar surface area (TPSA) is 83.0 Å². The fourth-order valence-corrected chi connectivity index (χ4v) is 4.49. The second kappa shape index (κ2) is 8.14. The average Bonchev–Trinajstić information content (AvgIpc) is 3.21. The molecule has 3 aromatic rings. The number of thiophene rings is 1. The number of aromatic nitrogens is 3. The van der Waals surface area contributed by atoms with Crippen LogP contribution in [0.1, 0.15) is 35.1 Å². The Morgan fingerprint density at radius 1 is 1.30 bits per heavy atom. The van der Waals surface area contributed by atoms with Crippen LogP contribution in [0, 0.1) is 0 Å². The molecule has 1 aliphatic carbocycles. The monoisotopic (exact) mass is 400 g/mol. The number of nitrogens with zero attached hydrogens (tertiary/aromatic N) is 3. The minimum Gasteiger partial charge on any atom is -0.484 e. The molecule has 0 aliphatic heterocycles. The number of ether oxygens (including phenoxy) is 1. The summed E-state index contributed by atoms with van der Waals surface area (Å²) in [6.07, 6.45) is 3.22. The van der Waals surface area contributed by atoms with Crippen molar-refractivity contribution < 1.29 is 9.53 Å². The molecule has 140 valence electrons. The van der Waals surface area contributed by atoms with E-state index in [1.807, 2.05) is 24.3 Å². The van der Waals surface area contributed by atoms with Crippen LogP contribution >= 0.6 is 23.1 Å². The normalized spacial score (nSPS) is 13.6. The SMILES string of the molecule is NC(=O)COc1cccc(CSc2nnc(Cc3cccs3)n2C2CC2)c1. The number of primary amides is 1. The summed E-state index contributed by atoms with van der Waals surface area (Å²) in [5.41, 5.74) is 6.23. The molecule has 1 amide bonds. The van der Waals surface area contributed by atoms with Gasteiger partial charge in [-0.25, -0.2) is 0 Å². The summed E-state index contributed by atoms with van der Waals surface area (Å²) >= 11 is 3.43. The lowest BCUT2D eigenvalue weighted by molar-refractivity contribution is -0.119. The first-order valence-corrected chi connectivity index (χ1v) is 10.6. The molecular weight excluding hydrogens is 380 g/mol. The number of thioether (sulfide) groups is 1. The molecule has 27 heavy (non-hydrogen) atoms. The highest BCUT2D eigenvalue weighted by Crippen LogP contribution is 2.39. The van der Waals surface area contributed by atoms with E-state index < -0.39 is 5.91 Å². The zero-order valence-electron chi connectivity index (χ0n) is 14.7. The first-order valence-electron chi connectivity index (χ1n) is 8.78. The molecule has 1 aromatic carbocycles. The molecule has 4 rings (SSSR count). The van der Waals surface area contributed by atoms with Crippen LogP contribution in [0.25, 0.3) is 0 Å². The second-order valence-electron chi connectivity index (χ2n) is 6.45. The highest BCUT2D eigenvalue weighted by atomic mass is 32.2. The first-order chi connectivity index (χ1) is 13.2. The van der Waals surface area contributed by atoms with Gasteiger partial charge in [-0.3, -0.25) is 4.79 Å². The Bertz CT molecular complexity index is 920. The molecule has 0 unspecified atom stereocenters. The number of carbonyl (C=O) groups is 1. The van der Waals surface area contributed by atoms with E-state index in [1.165, 1.54) is 17.7 Å². The van der Waals surface area contributed by atoms with Gasteiger partial charge in [-0.2, -0.15) is 0 Å². The minimum atomic E-state index is -0.481. The molecule has 0 saturated heterocycles. The van der Waals surface area contributed by atoms with Crippen LogP contribution in [-0.4, -0.2) is 27.3 Å². The summed E-state index contributed by atoms with van der Waals surface area (Å²) < 4.78 is 7.68. The smallest absolute Gasteiger partial charge is 0.255 e. The predicted molar refractivity (Wildman–Crippen MR) is 106 cm³/mol. The molecule has 0 radical (unpaired) electrons. The predicted octanol–water partition coefficient (Wildman–Crippen LogP) is 3.42. The van der Waals surface area contributed by atoms with Gasteiger partial charge >= 0.3 is 0 Å². The highest BCUT2D eigenvalue weighted by molar-refractivity contribution is 7.98. The van der Waals surface area contributed by atoms with Crippen molar-refractivity contribution >= 4 is 29.0 Å². The maximum atomic E-state index is 10.9. The Morgan fingerprint density at radius 3 is 2.93 bits per heavy atom. The van der Waals surface area contributed by atoms with Crippen molar-refractivity contribution in [2.75, 3.05) is 6.61 Å². The van der Waals surface area contributed by atoms with Crippen molar-refractivity contribution in [1.29, 1.82) is 0 Å². The lowest BCUT2D eigenvalue weighted by Crippen LogP contribution is -2.20. The van der Waals surface area contributed by atoms with Gasteiger partial charge in [0.1, 0.15) is 11.6 Å². The van der Waals surface area contributed by atoms with Crippen LogP contribution in [0.2, 0.25) is 0 Å². The van der Waals surface area contributed by atoms with Crippen molar-refractivity contribution in [3.8, 4) is 5.75 Å². The van der Waals surface area contributed by atoms with E-state index in [2.05, 4.69) is 32.3 Å². The average molecular weight is 401 g/mol. The number of hydrogen-bond acceptors (Lipinski definition) is 6. The Kier molecular flexibility index (Phi) is 5.45. The van der Waals surface area contributed by atoms with E-state index in [4.69, 9.17) is 10.5 Å². The minimum absolute atomic E-state index is 0.112. The summed E-state index contributed by atoms with van der Waals surface area (Å²) in [7, 11) is 0. The standard InChI is InChI=1S/C19H20N4O2S2/c20-17(24)11-25-15-4-1-3-13(9-15)12-27-19-22-21-18(23(19)14-6-7-14)10-16-5-2-8-26-16/h1-5,8-9,14H,6-7,10-12H2,(H2,20,24). The molecule has 1 aliphatic rings. The van der Waals surface area contributed by atoms with Crippen molar-refractivity contribution in [2.24, 2.45) is 5.73 Å². The van der Waals surface area contributed by atoms with Crippen LogP contribution in [0.4, 0.5) is 0 Å². The van der Waals surface area contributed by atoms with Crippen LogP contribution in [0.15, 0.2) is 46.9 Å². The van der Waals surface area contributed by atoms with Gasteiger partial charge in [-0.15, -0.1) is 21.5 Å². The molecule has 1 fully saturated rings. The summed E-state index contributed by atoms with van der Waals surface area (Å²) in [6.45, 7) is -0.112. The summed E-state index contributed by atoms with van der Waals surface area (Å²) in [5.74, 6) is 1.97. The van der Waals surface area contributed by atoms with E-state index in [0.717, 1.165) is 28.7 Å². The third-order valence-corrected chi connectivity index (χ3v) is 6.10. The molecule has 0 spiro atoms. The maximum Gasteiger partial charge on any atom is 0.255 e. The summed E-state index contributed by atoms with van der Waals surface area (Å²) in [5, 5.41) is 12.0. The van der Waals surface area contributed by atoms with Crippen molar-refractivity contribution in [3.63, 3.8) is 0 Å². The number of benzene rings is 1. The van der Waals surface area contributed by atoms with E-state index in [9.17, 15) is 4.79 Å². The van der Waals surface area contributed by atoms with E-state index >= 15 is 0 Å². The van der Waals surface area contributed by atoms with Gasteiger partial charge in [0.05, 0.1) is 0 Å². The number of carbonyl (C=O) groups excluding carboxylic acids is 1. The Labute approximate surface area is 165 Å². The molecule has 2 aromatic heterocycles. The van der Waals surface area contributed by atoms with Crippen LogP contribution < -0.4 is 10.5 Å². The van der Waals surface area contributed by atoms with E-state index in [-0.39, 0.29) is 6.61 Å². The zero-order valence-corrected chi connectivity index (χ0v) is 16.3. The molecule has 8 heteroatoms. The Hall–Kier alpha value is -2.32. The summed E-state index contributed by atoms with van der Waals surface area (Å²) in [6, 6.07) is 12.4. The van der Waals surface area contributed by atoms with Crippen molar-refractivity contribution in [2.45, 2.75) is 36.2 Å². The zero-order chi connectivity index (χ0) is 18.6. The quantitative estimate of drug-likeness (QED) is 0.557. The van der Waals surface area contributed by atoms with Gasteiger partial charge in [-0.1, -0.05) is 30.0 Å². The highest BCUT2D eigenvalue weighted by Gasteiger charge is 2.29. The lowest BCUT2D eigenvalue weighted by atomic mass is 10.2. The number of hydrogen-bond donors (Lipinski definition) is 1. The molecule has 6 nitrogen and oxygen atoms in total. The molecular formula is C19H20N4O2S2. The second-order valence-corrected chi connectivity index (χ2v) is 8.42. The van der Waals surface area contributed by atoms with Crippen molar-refractivity contribution in [1.82, 2.24) is 14.8 Å². The molecule has 1 saturated carbocycles. The molecule has 0 atom stereocenters. The van der Waals surface area contributed by atoms with Gasteiger partial charge in [0, 0.05) is 23.1 Å². The third-order valence-electron chi connectivity index (χ3n) is 4.21. The number of nitrogens with two attached hydrogens (primary N) is 1. The Morgan fingerprint density at radius 2 is 2.19 bits per heavy atom. The number of rotatable bonds is 9. The number of amides is 1. The fraction of sp³-hybridized carbons (Fsp3) is 0.316. The third kappa shape index (κ3) is 4.70. The van der Waals surface area contributed by atoms with Crippen LogP contribution in [-0.2, 0) is 17.0 Å². The van der Waals surface area contributed by atoms with Gasteiger partial charge in [0.25, 0.3) is 5.91 Å². The van der Waals surface area contributed by atoms with E-state index in [1.54, 1.807) is 23.1 Å². The van der Waals surface area contributed by atoms with Crippen LogP contribution in [0.3, 0.4) is 0 Å². The van der Waals surface area contributed by atoms with Gasteiger partial charge in [0.2, 0.25) is 0 Å². The first kappa shape index (κ1) is 18.1. The molecule has 0 bridgehead atoms. The molecule has 2 N–H and O–H groups in total.